The third-order valence-electron chi connectivity index (χ3n) is 3.76. The molecule has 2 aromatic rings. The highest BCUT2D eigenvalue weighted by molar-refractivity contribution is 5.86. The molecule has 0 amide bonds. The number of hydrogen-bond donors (Lipinski definition) is 3. The maximum absolute atomic E-state index is 10.8. The molecule has 1 aliphatic carbocycles. The molecule has 1 fully saturated rings. The van der Waals surface area contributed by atoms with Gasteiger partial charge in [0.25, 0.3) is 0 Å². The van der Waals surface area contributed by atoms with Crippen LogP contribution in [0.15, 0.2) is 30.3 Å². The number of carboxylic acid groups (broad SMARTS) is 1. The first-order valence-corrected chi connectivity index (χ1v) is 6.66. The molecule has 0 saturated heterocycles. The van der Waals surface area contributed by atoms with Gasteiger partial charge in [-0.05, 0) is 37.3 Å². The lowest BCUT2D eigenvalue weighted by atomic mass is 10.0. The van der Waals surface area contributed by atoms with E-state index in [1.807, 2.05) is 24.3 Å². The summed E-state index contributed by atoms with van der Waals surface area (Å²) in [6, 6.07) is 9.36. The van der Waals surface area contributed by atoms with Crippen molar-refractivity contribution in [2.75, 3.05) is 0 Å². The van der Waals surface area contributed by atoms with Crippen molar-refractivity contribution in [3.05, 3.63) is 41.6 Å². The van der Waals surface area contributed by atoms with Crippen molar-refractivity contribution in [1.29, 1.82) is 0 Å². The lowest BCUT2D eigenvalue weighted by Crippen LogP contribution is -2.07. The Kier molecular flexibility index (Phi) is 3.06. The van der Waals surface area contributed by atoms with Crippen LogP contribution >= 0.6 is 0 Å². The molecule has 0 spiro atoms. The molecule has 0 unspecified atom stereocenters. The highest BCUT2D eigenvalue weighted by atomic mass is 16.4. The Morgan fingerprint density at radius 1 is 1.30 bits per heavy atom. The normalized spacial score (nSPS) is 16.1. The molecule has 5 nitrogen and oxygen atoms in total. The number of nitrogens with zero attached hydrogens (tertiary/aromatic N) is 1. The van der Waals surface area contributed by atoms with Crippen LogP contribution in [0, 0.1) is 0 Å². The predicted molar refractivity (Wildman–Crippen MR) is 73.5 cm³/mol. The van der Waals surface area contributed by atoms with E-state index < -0.39 is 11.6 Å². The van der Waals surface area contributed by atoms with Gasteiger partial charge in [0, 0.05) is 5.56 Å². The van der Waals surface area contributed by atoms with Gasteiger partial charge in [-0.15, -0.1) is 0 Å². The molecule has 0 aliphatic heterocycles. The summed E-state index contributed by atoms with van der Waals surface area (Å²) in [5, 5.41) is 25.1. The second kappa shape index (κ2) is 4.76. The van der Waals surface area contributed by atoms with E-state index in [1.165, 1.54) is 11.6 Å². The summed E-state index contributed by atoms with van der Waals surface area (Å²) in [6.45, 7) is 0. The molecule has 0 atom stereocenters. The molecular weight excluding hydrogens is 256 g/mol. The molecule has 3 rings (SSSR count). The molecule has 104 valence electrons. The highest BCUT2D eigenvalue weighted by Gasteiger charge is 2.39. The SMILES string of the molecule is O=C(O)c1cc(-c2ccc(CCC3(O)CC3)cc2)n[nH]1. The number of aliphatic hydroxyl groups is 1. The monoisotopic (exact) mass is 272 g/mol. The number of carbonyl (C=O) groups is 1. The van der Waals surface area contributed by atoms with Crippen molar-refractivity contribution in [2.45, 2.75) is 31.3 Å². The Bertz CT molecular complexity index is 627. The van der Waals surface area contributed by atoms with Crippen molar-refractivity contribution in [1.82, 2.24) is 10.2 Å². The van der Waals surface area contributed by atoms with Crippen molar-refractivity contribution in [3.63, 3.8) is 0 Å². The number of rotatable bonds is 5. The predicted octanol–water partition coefficient (Wildman–Crippen LogP) is 2.23. The Labute approximate surface area is 116 Å². The number of aryl methyl sites for hydroxylation is 1. The fourth-order valence-electron chi connectivity index (χ4n) is 2.19. The molecular formula is C15H16N2O3. The molecule has 1 saturated carbocycles. The van der Waals surface area contributed by atoms with Crippen LogP contribution in [0.5, 0.6) is 0 Å². The Balaban J connectivity index is 1.69. The van der Waals surface area contributed by atoms with Crippen molar-refractivity contribution in [3.8, 4) is 11.3 Å². The Hall–Kier alpha value is -2.14. The smallest absolute Gasteiger partial charge is 0.353 e. The maximum Gasteiger partial charge on any atom is 0.353 e. The van der Waals surface area contributed by atoms with E-state index in [0.717, 1.165) is 31.2 Å². The van der Waals surface area contributed by atoms with Gasteiger partial charge < -0.3 is 10.2 Å². The summed E-state index contributed by atoms with van der Waals surface area (Å²) in [4.78, 5) is 10.8. The number of aromatic amines is 1. The summed E-state index contributed by atoms with van der Waals surface area (Å²) in [6.07, 6.45) is 3.49. The average Bonchev–Trinajstić information content (AvgIpc) is 2.99. The molecule has 5 heteroatoms. The van der Waals surface area contributed by atoms with Crippen molar-refractivity contribution in [2.24, 2.45) is 0 Å². The maximum atomic E-state index is 10.8. The first-order chi connectivity index (χ1) is 9.56. The topological polar surface area (TPSA) is 86.2 Å². The van der Waals surface area contributed by atoms with E-state index in [9.17, 15) is 9.90 Å². The molecule has 3 N–H and O–H groups in total. The Morgan fingerprint density at radius 2 is 2.00 bits per heavy atom. The van der Waals surface area contributed by atoms with Crippen LogP contribution in [0.3, 0.4) is 0 Å². The molecule has 1 aromatic carbocycles. The zero-order valence-corrected chi connectivity index (χ0v) is 11.0. The second-order valence-corrected chi connectivity index (χ2v) is 5.39. The molecule has 0 bridgehead atoms. The molecule has 0 radical (unpaired) electrons. The third kappa shape index (κ3) is 2.72. The zero-order chi connectivity index (χ0) is 14.2. The van der Waals surface area contributed by atoms with Gasteiger partial charge in [0.1, 0.15) is 5.69 Å². The molecule has 20 heavy (non-hydrogen) atoms. The molecule has 1 aliphatic rings. The van der Waals surface area contributed by atoms with Gasteiger partial charge in [0.15, 0.2) is 0 Å². The van der Waals surface area contributed by atoms with Crippen molar-refractivity contribution < 1.29 is 15.0 Å². The third-order valence-corrected chi connectivity index (χ3v) is 3.76. The first kappa shape index (κ1) is 12.9. The minimum Gasteiger partial charge on any atom is -0.477 e. The molecule has 1 aromatic heterocycles. The standard InChI is InChI=1S/C15H16N2O3/c18-14(19)13-9-12(16-17-13)11-3-1-10(2-4-11)5-6-15(20)7-8-15/h1-4,9,20H,5-8H2,(H,16,17)(H,18,19). The lowest BCUT2D eigenvalue weighted by molar-refractivity contribution is 0.0690. The van der Waals surface area contributed by atoms with Crippen LogP contribution in [-0.4, -0.2) is 32.0 Å². The minimum absolute atomic E-state index is 0.0834. The summed E-state index contributed by atoms with van der Waals surface area (Å²) >= 11 is 0. The van der Waals surface area contributed by atoms with Gasteiger partial charge in [0.05, 0.1) is 11.3 Å². The van der Waals surface area contributed by atoms with Crippen LogP contribution < -0.4 is 0 Å². The first-order valence-electron chi connectivity index (χ1n) is 6.66. The van der Waals surface area contributed by atoms with Crippen LogP contribution in [-0.2, 0) is 6.42 Å². The number of nitrogens with one attached hydrogen (secondary N) is 1. The van der Waals surface area contributed by atoms with Gasteiger partial charge in [-0.2, -0.15) is 5.10 Å². The number of benzene rings is 1. The van der Waals surface area contributed by atoms with E-state index in [4.69, 9.17) is 5.11 Å². The van der Waals surface area contributed by atoms with Gasteiger partial charge >= 0.3 is 5.97 Å². The average molecular weight is 272 g/mol. The van der Waals surface area contributed by atoms with Crippen LogP contribution in [0.2, 0.25) is 0 Å². The largest absolute Gasteiger partial charge is 0.477 e. The van der Waals surface area contributed by atoms with Crippen LogP contribution in [0.4, 0.5) is 0 Å². The summed E-state index contributed by atoms with van der Waals surface area (Å²) in [7, 11) is 0. The number of carboxylic acids is 1. The van der Waals surface area contributed by atoms with Crippen LogP contribution in [0.25, 0.3) is 11.3 Å². The van der Waals surface area contributed by atoms with Gasteiger partial charge in [0.2, 0.25) is 0 Å². The summed E-state index contributed by atoms with van der Waals surface area (Å²) in [5.74, 6) is -1.02. The highest BCUT2D eigenvalue weighted by Crippen LogP contribution is 2.39. The summed E-state index contributed by atoms with van der Waals surface area (Å²) < 4.78 is 0. The van der Waals surface area contributed by atoms with E-state index in [-0.39, 0.29) is 5.69 Å². The zero-order valence-electron chi connectivity index (χ0n) is 11.0. The quantitative estimate of drug-likeness (QED) is 0.779. The van der Waals surface area contributed by atoms with Crippen LogP contribution in [0.1, 0.15) is 35.3 Å². The number of aromatic nitrogens is 2. The van der Waals surface area contributed by atoms with Crippen molar-refractivity contribution >= 4 is 5.97 Å². The number of H-pyrrole nitrogens is 1. The van der Waals surface area contributed by atoms with E-state index in [2.05, 4.69) is 10.2 Å². The fraction of sp³-hybridized carbons (Fsp3) is 0.333. The Morgan fingerprint density at radius 3 is 2.55 bits per heavy atom. The number of aromatic carboxylic acids is 1. The lowest BCUT2D eigenvalue weighted by Gasteiger charge is -2.07. The van der Waals surface area contributed by atoms with Gasteiger partial charge in [-0.1, -0.05) is 24.3 Å². The van der Waals surface area contributed by atoms with Gasteiger partial charge in [-0.25, -0.2) is 4.79 Å². The summed E-state index contributed by atoms with van der Waals surface area (Å²) in [5.41, 5.74) is 2.33. The molecule has 1 heterocycles. The minimum atomic E-state index is -1.02. The van der Waals surface area contributed by atoms with Gasteiger partial charge in [-0.3, -0.25) is 5.10 Å². The van der Waals surface area contributed by atoms with E-state index >= 15 is 0 Å². The van der Waals surface area contributed by atoms with E-state index in [1.54, 1.807) is 0 Å². The second-order valence-electron chi connectivity index (χ2n) is 5.39. The van der Waals surface area contributed by atoms with E-state index in [0.29, 0.717) is 5.69 Å². The fourth-order valence-corrected chi connectivity index (χ4v) is 2.19. The number of hydrogen-bond acceptors (Lipinski definition) is 3.